The highest BCUT2D eigenvalue weighted by Gasteiger charge is 2.41. The molecule has 1 aromatic carbocycles. The van der Waals surface area contributed by atoms with Crippen molar-refractivity contribution in [2.24, 2.45) is 0 Å². The fourth-order valence-electron chi connectivity index (χ4n) is 4.52. The first-order valence-electron chi connectivity index (χ1n) is 11.3. The Morgan fingerprint density at radius 2 is 1.74 bits per heavy atom. The van der Waals surface area contributed by atoms with E-state index in [2.05, 4.69) is 0 Å². The molecule has 2 fully saturated rings. The number of carbonyl (C=O) groups is 2. The Kier molecular flexibility index (Phi) is 8.45. The molecule has 9 nitrogen and oxygen atoms in total. The van der Waals surface area contributed by atoms with Gasteiger partial charge in [-0.05, 0) is 25.0 Å². The van der Waals surface area contributed by atoms with Gasteiger partial charge in [0.1, 0.15) is 18.8 Å². The molecule has 0 radical (unpaired) electrons. The van der Waals surface area contributed by atoms with E-state index in [0.717, 1.165) is 6.07 Å². The number of halogens is 2. The summed E-state index contributed by atoms with van der Waals surface area (Å²) in [7, 11) is 1.40. The number of hydrogen-bond acceptors (Lipinski definition) is 7. The molecule has 0 aromatic heterocycles. The van der Waals surface area contributed by atoms with Crippen molar-refractivity contribution in [2.45, 2.75) is 31.0 Å². The van der Waals surface area contributed by atoms with Gasteiger partial charge in [0, 0.05) is 53.3 Å². The van der Waals surface area contributed by atoms with Gasteiger partial charge >= 0.3 is 0 Å². The molecule has 2 saturated heterocycles. The van der Waals surface area contributed by atoms with Crippen LogP contribution in [0.1, 0.15) is 19.8 Å². The molecule has 0 saturated carbocycles. The SMILES string of the molecule is COCC(=O)N1CCN(CC2(O)CCN(C(C)=O)CC2)C[C@](O)(COc2cccc(F)c2F)C1. The molecule has 1 aromatic rings. The van der Waals surface area contributed by atoms with Crippen LogP contribution in [0.25, 0.3) is 0 Å². The van der Waals surface area contributed by atoms with Gasteiger partial charge in [-0.3, -0.25) is 14.5 Å². The molecule has 11 heteroatoms. The second kappa shape index (κ2) is 10.9. The van der Waals surface area contributed by atoms with Crippen molar-refractivity contribution in [3.63, 3.8) is 0 Å². The van der Waals surface area contributed by atoms with Gasteiger partial charge in [-0.1, -0.05) is 6.07 Å². The minimum Gasteiger partial charge on any atom is -0.487 e. The Labute approximate surface area is 197 Å². The minimum atomic E-state index is -1.62. The summed E-state index contributed by atoms with van der Waals surface area (Å²) >= 11 is 0. The lowest BCUT2D eigenvalue weighted by Crippen LogP contribution is -2.56. The van der Waals surface area contributed by atoms with E-state index in [1.54, 1.807) is 4.90 Å². The van der Waals surface area contributed by atoms with Crippen molar-refractivity contribution in [3.8, 4) is 5.75 Å². The van der Waals surface area contributed by atoms with E-state index in [1.165, 1.54) is 31.1 Å². The Hall–Kier alpha value is -2.34. The molecule has 34 heavy (non-hydrogen) atoms. The predicted octanol–water partition coefficient (Wildman–Crippen LogP) is 0.239. The Morgan fingerprint density at radius 3 is 2.38 bits per heavy atom. The zero-order valence-electron chi connectivity index (χ0n) is 19.6. The van der Waals surface area contributed by atoms with Gasteiger partial charge in [0.25, 0.3) is 0 Å². The molecular formula is C23H33F2N3O6. The van der Waals surface area contributed by atoms with Crippen LogP contribution in [0.2, 0.25) is 0 Å². The van der Waals surface area contributed by atoms with Gasteiger partial charge in [-0.2, -0.15) is 4.39 Å². The van der Waals surface area contributed by atoms with Crippen LogP contribution in [0.4, 0.5) is 8.78 Å². The highest BCUT2D eigenvalue weighted by molar-refractivity contribution is 5.77. The average molecular weight is 486 g/mol. The van der Waals surface area contributed by atoms with Crippen molar-refractivity contribution in [1.82, 2.24) is 14.7 Å². The first-order valence-corrected chi connectivity index (χ1v) is 11.3. The molecule has 2 amide bonds. The molecule has 0 spiro atoms. The number of likely N-dealkylation sites (tertiary alicyclic amines) is 1. The summed E-state index contributed by atoms with van der Waals surface area (Å²) in [6, 6.07) is 3.53. The van der Waals surface area contributed by atoms with Gasteiger partial charge in [0.15, 0.2) is 11.6 Å². The number of rotatable bonds is 7. The van der Waals surface area contributed by atoms with E-state index < -0.39 is 29.4 Å². The van der Waals surface area contributed by atoms with E-state index in [0.29, 0.717) is 32.5 Å². The summed E-state index contributed by atoms with van der Waals surface area (Å²) in [5, 5.41) is 22.5. The third kappa shape index (κ3) is 6.62. The predicted molar refractivity (Wildman–Crippen MR) is 118 cm³/mol. The number of hydrogen-bond donors (Lipinski definition) is 2. The van der Waals surface area contributed by atoms with Crippen molar-refractivity contribution >= 4 is 11.8 Å². The van der Waals surface area contributed by atoms with E-state index >= 15 is 0 Å². The van der Waals surface area contributed by atoms with Crippen molar-refractivity contribution in [1.29, 1.82) is 0 Å². The number of β-amino-alcohol motifs (C(OH)–C–C–N with tert-alkyl or cyclic N) is 2. The van der Waals surface area contributed by atoms with Gasteiger partial charge in [-0.25, -0.2) is 4.39 Å². The fraction of sp³-hybridized carbons (Fsp3) is 0.652. The van der Waals surface area contributed by atoms with Crippen LogP contribution < -0.4 is 4.74 Å². The van der Waals surface area contributed by atoms with E-state index in [9.17, 15) is 28.6 Å². The Morgan fingerprint density at radius 1 is 1.03 bits per heavy atom. The molecule has 0 unspecified atom stereocenters. The molecule has 190 valence electrons. The molecule has 2 heterocycles. The van der Waals surface area contributed by atoms with Gasteiger partial charge < -0.3 is 29.5 Å². The molecule has 2 aliphatic heterocycles. The second-order valence-electron chi connectivity index (χ2n) is 9.25. The van der Waals surface area contributed by atoms with Crippen molar-refractivity contribution in [3.05, 3.63) is 29.8 Å². The molecule has 2 aliphatic rings. The molecule has 2 N–H and O–H groups in total. The van der Waals surface area contributed by atoms with Crippen LogP contribution in [0.15, 0.2) is 18.2 Å². The number of benzene rings is 1. The molecule has 0 aliphatic carbocycles. The van der Waals surface area contributed by atoms with E-state index in [-0.39, 0.29) is 50.3 Å². The number of ether oxygens (including phenoxy) is 2. The largest absolute Gasteiger partial charge is 0.487 e. The first kappa shape index (κ1) is 26.3. The summed E-state index contributed by atoms with van der Waals surface area (Å²) in [5.74, 6) is -2.93. The van der Waals surface area contributed by atoms with E-state index in [1.807, 2.05) is 4.90 Å². The molecular weight excluding hydrogens is 452 g/mol. The van der Waals surface area contributed by atoms with Crippen molar-refractivity contribution < 1.29 is 38.1 Å². The Balaban J connectivity index is 1.73. The maximum Gasteiger partial charge on any atom is 0.248 e. The fourth-order valence-corrected chi connectivity index (χ4v) is 4.52. The summed E-state index contributed by atoms with van der Waals surface area (Å²) in [6.07, 6.45) is 0.775. The topological polar surface area (TPSA) is 103 Å². The van der Waals surface area contributed by atoms with Crippen LogP contribution >= 0.6 is 0 Å². The maximum atomic E-state index is 14.1. The van der Waals surface area contributed by atoms with Gasteiger partial charge in [0.2, 0.25) is 17.6 Å². The zero-order valence-corrected chi connectivity index (χ0v) is 19.6. The third-order valence-electron chi connectivity index (χ3n) is 6.38. The van der Waals surface area contributed by atoms with Crippen molar-refractivity contribution in [2.75, 3.05) is 66.1 Å². The molecule has 3 rings (SSSR count). The average Bonchev–Trinajstić information content (AvgIpc) is 2.94. The van der Waals surface area contributed by atoms with Crippen LogP contribution in [0.3, 0.4) is 0 Å². The lowest BCUT2D eigenvalue weighted by molar-refractivity contribution is -0.139. The molecule has 0 bridgehead atoms. The lowest BCUT2D eigenvalue weighted by atomic mass is 9.90. The van der Waals surface area contributed by atoms with Crippen LogP contribution in [0, 0.1) is 11.6 Å². The summed E-state index contributed by atoms with van der Waals surface area (Å²) in [5.41, 5.74) is -2.68. The van der Waals surface area contributed by atoms with Crippen LogP contribution in [-0.4, -0.2) is 114 Å². The van der Waals surface area contributed by atoms with Crippen LogP contribution in [-0.2, 0) is 14.3 Å². The molecule has 1 atom stereocenters. The highest BCUT2D eigenvalue weighted by atomic mass is 19.2. The normalized spacial score (nSPS) is 23.5. The van der Waals surface area contributed by atoms with Gasteiger partial charge in [-0.15, -0.1) is 0 Å². The number of piperidine rings is 1. The summed E-state index contributed by atoms with van der Waals surface area (Å²) in [4.78, 5) is 29.1. The van der Waals surface area contributed by atoms with Gasteiger partial charge in [0.05, 0.1) is 12.1 Å². The number of amides is 2. The Bertz CT molecular complexity index is 880. The van der Waals surface area contributed by atoms with Crippen LogP contribution in [0.5, 0.6) is 5.75 Å². The smallest absolute Gasteiger partial charge is 0.248 e. The minimum absolute atomic E-state index is 0.0411. The summed E-state index contributed by atoms with van der Waals surface area (Å²) in [6.45, 7) is 2.64. The number of carbonyl (C=O) groups excluding carboxylic acids is 2. The standard InChI is InChI=1S/C23H33F2N3O6/c1-17(29)27-8-6-22(31,7-9-27)13-26-10-11-28(20(30)12-33-2)15-23(32,14-26)16-34-19-5-3-4-18(24)21(19)25/h3-5,31-32H,6-16H2,1-2H3/t23-/m1/s1. The quantitative estimate of drug-likeness (QED) is 0.570. The number of aliphatic hydroxyl groups is 2. The second-order valence-corrected chi connectivity index (χ2v) is 9.25. The zero-order chi connectivity index (χ0) is 24.9. The monoisotopic (exact) mass is 485 g/mol. The summed E-state index contributed by atoms with van der Waals surface area (Å²) < 4.78 is 38.0. The number of methoxy groups -OCH3 is 1. The maximum absolute atomic E-state index is 14.1. The lowest BCUT2D eigenvalue weighted by Gasteiger charge is -2.41. The third-order valence-corrected chi connectivity index (χ3v) is 6.38. The highest BCUT2D eigenvalue weighted by Crippen LogP contribution is 2.27. The number of nitrogens with zero attached hydrogens (tertiary/aromatic N) is 3. The first-order chi connectivity index (χ1) is 16.0. The van der Waals surface area contributed by atoms with E-state index in [4.69, 9.17) is 9.47 Å².